The van der Waals surface area contributed by atoms with Gasteiger partial charge in [-0.3, -0.25) is 4.90 Å². The van der Waals surface area contributed by atoms with Gasteiger partial charge in [-0.2, -0.15) is 0 Å². The van der Waals surface area contributed by atoms with Crippen molar-refractivity contribution in [3.63, 3.8) is 0 Å². The first-order valence-electron chi connectivity index (χ1n) is 4.05. The van der Waals surface area contributed by atoms with E-state index in [0.29, 0.717) is 23.8 Å². The van der Waals surface area contributed by atoms with Gasteiger partial charge in [0.05, 0.1) is 0 Å². The van der Waals surface area contributed by atoms with E-state index >= 15 is 0 Å². The van der Waals surface area contributed by atoms with Crippen LogP contribution in [0.3, 0.4) is 0 Å². The molecule has 2 atom stereocenters. The first kappa shape index (κ1) is 11.5. The van der Waals surface area contributed by atoms with Crippen molar-refractivity contribution in [3.05, 3.63) is 0 Å². The number of nitrogens with zero attached hydrogens (tertiary/aromatic N) is 1. The Bertz CT molecular complexity index is 88.1. The van der Waals surface area contributed by atoms with Crippen LogP contribution >= 0.6 is 23.2 Å². The summed E-state index contributed by atoms with van der Waals surface area (Å²) in [6.07, 6.45) is 0. The summed E-state index contributed by atoms with van der Waals surface area (Å²) in [7, 11) is 0. The summed E-state index contributed by atoms with van der Waals surface area (Å²) in [5, 5.41) is 0. The maximum absolute atomic E-state index is 5.74. The summed E-state index contributed by atoms with van der Waals surface area (Å²) in [6, 6.07) is 0.853. The van der Waals surface area contributed by atoms with Crippen LogP contribution in [-0.2, 0) is 0 Å². The van der Waals surface area contributed by atoms with Gasteiger partial charge in [0, 0.05) is 23.8 Å². The topological polar surface area (TPSA) is 3.24 Å². The highest BCUT2D eigenvalue weighted by molar-refractivity contribution is 6.18. The van der Waals surface area contributed by atoms with Gasteiger partial charge in [0.25, 0.3) is 0 Å². The number of rotatable bonds is 5. The standard InChI is InChI=1S/C8H17Cl2N/c1-4-11(7(2)5-9)8(3)6-10/h7-8H,4-6H2,1-3H3. The minimum absolute atomic E-state index is 0.426. The van der Waals surface area contributed by atoms with Gasteiger partial charge in [-0.05, 0) is 20.4 Å². The average Bonchev–Trinajstić information content (AvgIpc) is 2.05. The normalized spacial score (nSPS) is 16.9. The Hall–Kier alpha value is 0.540. The zero-order chi connectivity index (χ0) is 8.85. The summed E-state index contributed by atoms with van der Waals surface area (Å²) in [5.74, 6) is 1.35. The quantitative estimate of drug-likeness (QED) is 0.613. The molecule has 0 saturated heterocycles. The van der Waals surface area contributed by atoms with Crippen molar-refractivity contribution in [2.45, 2.75) is 32.9 Å². The van der Waals surface area contributed by atoms with Crippen LogP contribution in [0.5, 0.6) is 0 Å². The van der Waals surface area contributed by atoms with Gasteiger partial charge in [0.1, 0.15) is 0 Å². The highest BCUT2D eigenvalue weighted by atomic mass is 35.5. The average molecular weight is 198 g/mol. The SMILES string of the molecule is CCN(C(C)CCl)C(C)CCl. The largest absolute Gasteiger partial charge is 0.296 e. The van der Waals surface area contributed by atoms with Crippen LogP contribution in [0.15, 0.2) is 0 Å². The Morgan fingerprint density at radius 1 is 1.09 bits per heavy atom. The predicted octanol–water partition coefficient (Wildman–Crippen LogP) is 2.56. The van der Waals surface area contributed by atoms with Crippen LogP contribution in [0.25, 0.3) is 0 Å². The van der Waals surface area contributed by atoms with Gasteiger partial charge >= 0.3 is 0 Å². The van der Waals surface area contributed by atoms with E-state index in [4.69, 9.17) is 23.2 Å². The third-order valence-electron chi connectivity index (χ3n) is 1.94. The first-order chi connectivity index (χ1) is 5.17. The number of hydrogen-bond acceptors (Lipinski definition) is 1. The lowest BCUT2D eigenvalue weighted by molar-refractivity contribution is 0.189. The number of hydrogen-bond donors (Lipinski definition) is 0. The molecule has 0 aromatic rings. The summed E-state index contributed by atoms with van der Waals surface area (Å²) >= 11 is 11.5. The van der Waals surface area contributed by atoms with Gasteiger partial charge < -0.3 is 0 Å². The molecule has 0 fully saturated rings. The van der Waals surface area contributed by atoms with E-state index in [1.807, 2.05) is 0 Å². The zero-order valence-electron chi connectivity index (χ0n) is 7.48. The Kier molecular flexibility index (Phi) is 6.40. The van der Waals surface area contributed by atoms with Gasteiger partial charge in [0.15, 0.2) is 0 Å². The Balaban J connectivity index is 3.92. The van der Waals surface area contributed by atoms with Crippen molar-refractivity contribution in [1.82, 2.24) is 4.90 Å². The van der Waals surface area contributed by atoms with Gasteiger partial charge in [-0.25, -0.2) is 0 Å². The molecule has 0 heterocycles. The molecule has 0 aliphatic carbocycles. The summed E-state index contributed by atoms with van der Waals surface area (Å²) in [5.41, 5.74) is 0. The van der Waals surface area contributed by atoms with Crippen LogP contribution in [0.1, 0.15) is 20.8 Å². The summed E-state index contributed by atoms with van der Waals surface area (Å²) in [4.78, 5) is 2.31. The lowest BCUT2D eigenvalue weighted by Gasteiger charge is -2.31. The van der Waals surface area contributed by atoms with E-state index in [-0.39, 0.29) is 0 Å². The maximum atomic E-state index is 5.74. The lowest BCUT2D eigenvalue weighted by atomic mass is 10.2. The van der Waals surface area contributed by atoms with Crippen LogP contribution < -0.4 is 0 Å². The smallest absolute Gasteiger partial charge is 0.0377 e. The van der Waals surface area contributed by atoms with Crippen LogP contribution in [-0.4, -0.2) is 35.3 Å². The predicted molar refractivity (Wildman–Crippen MR) is 52.7 cm³/mol. The van der Waals surface area contributed by atoms with Crippen LogP contribution in [0, 0.1) is 0 Å². The van der Waals surface area contributed by atoms with E-state index in [9.17, 15) is 0 Å². The van der Waals surface area contributed by atoms with Crippen molar-refractivity contribution in [2.24, 2.45) is 0 Å². The van der Waals surface area contributed by atoms with Crippen molar-refractivity contribution in [2.75, 3.05) is 18.3 Å². The molecule has 0 spiro atoms. The Labute approximate surface area is 79.7 Å². The van der Waals surface area contributed by atoms with E-state index in [1.165, 1.54) is 0 Å². The second-order valence-corrected chi connectivity index (χ2v) is 3.45. The van der Waals surface area contributed by atoms with Crippen LogP contribution in [0.4, 0.5) is 0 Å². The molecule has 1 nitrogen and oxygen atoms in total. The van der Waals surface area contributed by atoms with E-state index in [2.05, 4.69) is 25.7 Å². The van der Waals surface area contributed by atoms with E-state index in [1.54, 1.807) is 0 Å². The highest BCUT2D eigenvalue weighted by Gasteiger charge is 2.16. The Morgan fingerprint density at radius 2 is 1.45 bits per heavy atom. The molecule has 0 N–H and O–H groups in total. The fourth-order valence-corrected chi connectivity index (χ4v) is 1.59. The number of alkyl halides is 2. The van der Waals surface area contributed by atoms with E-state index < -0.39 is 0 Å². The molecular formula is C8H17Cl2N. The summed E-state index contributed by atoms with van der Waals surface area (Å²) < 4.78 is 0. The highest BCUT2D eigenvalue weighted by Crippen LogP contribution is 2.07. The third kappa shape index (κ3) is 3.64. The molecule has 68 valence electrons. The molecule has 0 radical (unpaired) electrons. The molecule has 0 bridgehead atoms. The summed E-state index contributed by atoms with van der Waals surface area (Å²) in [6.45, 7) is 7.40. The first-order valence-corrected chi connectivity index (χ1v) is 5.11. The maximum Gasteiger partial charge on any atom is 0.0377 e. The number of halogens is 2. The van der Waals surface area contributed by atoms with E-state index in [0.717, 1.165) is 6.54 Å². The molecule has 2 unspecified atom stereocenters. The fourth-order valence-electron chi connectivity index (χ4n) is 1.24. The van der Waals surface area contributed by atoms with Gasteiger partial charge in [0.2, 0.25) is 0 Å². The molecule has 0 aromatic carbocycles. The van der Waals surface area contributed by atoms with Crippen molar-refractivity contribution in [3.8, 4) is 0 Å². The Morgan fingerprint density at radius 3 is 1.64 bits per heavy atom. The molecule has 3 heteroatoms. The second kappa shape index (κ2) is 6.10. The van der Waals surface area contributed by atoms with Crippen LogP contribution in [0.2, 0.25) is 0 Å². The van der Waals surface area contributed by atoms with Crippen molar-refractivity contribution in [1.29, 1.82) is 0 Å². The van der Waals surface area contributed by atoms with Gasteiger partial charge in [-0.15, -0.1) is 23.2 Å². The fraction of sp³-hybridized carbons (Fsp3) is 1.00. The molecule has 0 saturated carbocycles. The van der Waals surface area contributed by atoms with Crippen molar-refractivity contribution < 1.29 is 0 Å². The molecule has 0 aliphatic rings. The minimum atomic E-state index is 0.426. The monoisotopic (exact) mass is 197 g/mol. The van der Waals surface area contributed by atoms with Crippen molar-refractivity contribution >= 4 is 23.2 Å². The minimum Gasteiger partial charge on any atom is -0.296 e. The molecular weight excluding hydrogens is 181 g/mol. The lowest BCUT2D eigenvalue weighted by Crippen LogP contribution is -2.41. The molecule has 0 rings (SSSR count). The molecule has 0 aliphatic heterocycles. The second-order valence-electron chi connectivity index (χ2n) is 2.84. The molecule has 0 amide bonds. The molecule has 0 aromatic heterocycles. The van der Waals surface area contributed by atoms with Gasteiger partial charge in [-0.1, -0.05) is 6.92 Å². The zero-order valence-corrected chi connectivity index (χ0v) is 8.99. The molecule has 11 heavy (non-hydrogen) atoms. The third-order valence-corrected chi connectivity index (χ3v) is 2.84.